The highest BCUT2D eigenvalue weighted by Crippen LogP contribution is 2.30. The molecule has 0 saturated heterocycles. The van der Waals surface area contributed by atoms with E-state index in [1.807, 2.05) is 6.92 Å². The van der Waals surface area contributed by atoms with E-state index in [0.717, 1.165) is 0 Å². The monoisotopic (exact) mass is 372 g/mol. The van der Waals surface area contributed by atoms with Crippen LogP contribution >= 0.6 is 11.6 Å². The third kappa shape index (κ3) is 3.55. The third-order valence-electron chi connectivity index (χ3n) is 3.97. The number of fused-ring (bicyclic) bond motifs is 1. The maximum absolute atomic E-state index is 12.2. The molecule has 1 heterocycles. The second-order valence-electron chi connectivity index (χ2n) is 5.82. The number of carbonyl (C=O) groups is 1. The smallest absolute Gasteiger partial charge is 0.337 e. The molecule has 0 bridgehead atoms. The topological polar surface area (TPSA) is 81.3 Å². The number of hydrogen-bond acceptors (Lipinski definition) is 5. The number of benzene rings is 2. The number of ether oxygens (including phenoxy) is 2. The predicted octanol–water partition coefficient (Wildman–Crippen LogP) is 3.81. The first-order valence-corrected chi connectivity index (χ1v) is 8.32. The highest BCUT2D eigenvalue weighted by Gasteiger charge is 2.15. The lowest BCUT2D eigenvalue weighted by Crippen LogP contribution is -2.11. The minimum atomic E-state index is -0.413. The van der Waals surface area contributed by atoms with E-state index in [-0.39, 0.29) is 5.56 Å². The van der Waals surface area contributed by atoms with Crippen LogP contribution in [0.15, 0.2) is 41.2 Å². The van der Waals surface area contributed by atoms with Crippen LogP contribution in [0.5, 0.6) is 5.75 Å². The van der Waals surface area contributed by atoms with Gasteiger partial charge in [-0.1, -0.05) is 11.6 Å². The third-order valence-corrected chi connectivity index (χ3v) is 4.30. The molecule has 3 aromatic rings. The van der Waals surface area contributed by atoms with Crippen molar-refractivity contribution in [2.24, 2.45) is 0 Å². The first kappa shape index (κ1) is 17.9. The van der Waals surface area contributed by atoms with Crippen molar-refractivity contribution < 1.29 is 14.3 Å². The molecule has 0 amide bonds. The van der Waals surface area contributed by atoms with Gasteiger partial charge in [-0.25, -0.2) is 9.78 Å². The molecule has 0 aliphatic heterocycles. The number of aromatic amines is 1. The lowest BCUT2D eigenvalue weighted by atomic mass is 10.1. The van der Waals surface area contributed by atoms with E-state index in [1.165, 1.54) is 7.11 Å². The summed E-state index contributed by atoms with van der Waals surface area (Å²) in [4.78, 5) is 30.6. The number of rotatable bonds is 4. The molecule has 0 radical (unpaired) electrons. The minimum Gasteiger partial charge on any atom is -0.486 e. The average Bonchev–Trinajstić information content (AvgIpc) is 2.60. The average molecular weight is 373 g/mol. The van der Waals surface area contributed by atoms with Crippen LogP contribution in [0.25, 0.3) is 10.9 Å². The Morgan fingerprint density at radius 2 is 1.92 bits per heavy atom. The molecule has 0 spiro atoms. The maximum atomic E-state index is 12.2. The van der Waals surface area contributed by atoms with Crippen LogP contribution in [-0.2, 0) is 4.74 Å². The number of aromatic nitrogens is 2. The molecule has 134 valence electrons. The molecule has 1 N–H and O–H groups in total. The zero-order valence-electron chi connectivity index (χ0n) is 14.5. The molecule has 26 heavy (non-hydrogen) atoms. The van der Waals surface area contributed by atoms with Crippen molar-refractivity contribution >= 4 is 28.5 Å². The van der Waals surface area contributed by atoms with Gasteiger partial charge in [0, 0.05) is 10.6 Å². The van der Waals surface area contributed by atoms with E-state index >= 15 is 0 Å². The summed E-state index contributed by atoms with van der Waals surface area (Å²) < 4.78 is 10.6. The number of aryl methyl sites for hydroxylation is 1. The van der Waals surface area contributed by atoms with E-state index in [9.17, 15) is 9.59 Å². The van der Waals surface area contributed by atoms with Gasteiger partial charge in [0.1, 0.15) is 17.7 Å². The summed E-state index contributed by atoms with van der Waals surface area (Å²) in [5.74, 6) is 0.683. The molecule has 3 rings (SSSR count). The molecule has 1 unspecified atom stereocenters. The SMILES string of the molecule is COC(=O)c1ccc(OC(C)c2cc3c(=O)[nH]c(C)nc3cc2Cl)cc1. The summed E-state index contributed by atoms with van der Waals surface area (Å²) in [6, 6.07) is 9.94. The number of esters is 1. The molecule has 0 aliphatic rings. The van der Waals surface area contributed by atoms with Gasteiger partial charge >= 0.3 is 5.97 Å². The molecule has 6 nitrogen and oxygen atoms in total. The Hall–Kier alpha value is -2.86. The van der Waals surface area contributed by atoms with Crippen molar-refractivity contribution in [3.63, 3.8) is 0 Å². The van der Waals surface area contributed by atoms with Gasteiger partial charge in [-0.15, -0.1) is 0 Å². The summed E-state index contributed by atoms with van der Waals surface area (Å²) in [6.07, 6.45) is -0.406. The van der Waals surface area contributed by atoms with Gasteiger partial charge in [0.25, 0.3) is 5.56 Å². The van der Waals surface area contributed by atoms with Crippen LogP contribution in [0, 0.1) is 6.92 Å². The number of nitrogens with one attached hydrogen (secondary N) is 1. The number of nitrogens with zero attached hydrogens (tertiary/aromatic N) is 1. The first-order chi connectivity index (χ1) is 12.4. The molecule has 1 atom stereocenters. The van der Waals surface area contributed by atoms with Crippen molar-refractivity contribution in [2.75, 3.05) is 7.11 Å². The van der Waals surface area contributed by atoms with Crippen LogP contribution < -0.4 is 10.3 Å². The van der Waals surface area contributed by atoms with Crippen molar-refractivity contribution in [3.8, 4) is 5.75 Å². The predicted molar refractivity (Wildman–Crippen MR) is 98.9 cm³/mol. The number of H-pyrrole nitrogens is 1. The molecular weight excluding hydrogens is 356 g/mol. The second kappa shape index (κ2) is 7.17. The highest BCUT2D eigenvalue weighted by atomic mass is 35.5. The minimum absolute atomic E-state index is 0.222. The van der Waals surface area contributed by atoms with Crippen molar-refractivity contribution in [1.82, 2.24) is 9.97 Å². The largest absolute Gasteiger partial charge is 0.486 e. The van der Waals surface area contributed by atoms with Crippen LogP contribution in [0.3, 0.4) is 0 Å². The van der Waals surface area contributed by atoms with Crippen molar-refractivity contribution in [3.05, 3.63) is 68.7 Å². The van der Waals surface area contributed by atoms with Crippen LogP contribution in [0.2, 0.25) is 5.02 Å². The van der Waals surface area contributed by atoms with Crippen LogP contribution in [0.4, 0.5) is 0 Å². The van der Waals surface area contributed by atoms with E-state index in [1.54, 1.807) is 43.3 Å². The molecular formula is C19H17ClN2O4. The fourth-order valence-corrected chi connectivity index (χ4v) is 2.97. The second-order valence-corrected chi connectivity index (χ2v) is 6.23. The number of halogens is 1. The Bertz CT molecular complexity index is 1030. The molecule has 2 aromatic carbocycles. The maximum Gasteiger partial charge on any atom is 0.337 e. The molecule has 0 aliphatic carbocycles. The van der Waals surface area contributed by atoms with Crippen molar-refractivity contribution in [1.29, 1.82) is 0 Å². The van der Waals surface area contributed by atoms with Crippen LogP contribution in [0.1, 0.15) is 34.8 Å². The van der Waals surface area contributed by atoms with Crippen molar-refractivity contribution in [2.45, 2.75) is 20.0 Å². The Balaban J connectivity index is 1.90. The summed E-state index contributed by atoms with van der Waals surface area (Å²) in [5, 5.41) is 0.917. The fraction of sp³-hybridized carbons (Fsp3) is 0.211. The number of methoxy groups -OCH3 is 1. The Morgan fingerprint density at radius 1 is 1.23 bits per heavy atom. The van der Waals surface area contributed by atoms with Gasteiger partial charge < -0.3 is 14.5 Å². The number of carbonyl (C=O) groups excluding carboxylic acids is 1. The van der Waals surface area contributed by atoms with Gasteiger partial charge in [0.05, 0.1) is 23.6 Å². The van der Waals surface area contributed by atoms with E-state index in [2.05, 4.69) is 14.7 Å². The van der Waals surface area contributed by atoms with E-state index in [0.29, 0.717) is 38.6 Å². The molecule has 1 aromatic heterocycles. The van der Waals surface area contributed by atoms with Gasteiger partial charge in [0.2, 0.25) is 0 Å². The summed E-state index contributed by atoms with van der Waals surface area (Å²) in [6.45, 7) is 3.55. The van der Waals surface area contributed by atoms with E-state index < -0.39 is 12.1 Å². The first-order valence-electron chi connectivity index (χ1n) is 7.94. The lowest BCUT2D eigenvalue weighted by molar-refractivity contribution is 0.0600. The normalized spacial score (nSPS) is 12.0. The van der Waals surface area contributed by atoms with Gasteiger partial charge in [0.15, 0.2) is 0 Å². The van der Waals surface area contributed by atoms with Gasteiger partial charge in [-0.3, -0.25) is 4.79 Å². The lowest BCUT2D eigenvalue weighted by Gasteiger charge is -2.17. The Kier molecular flexibility index (Phi) is 4.95. The molecule has 0 saturated carbocycles. The van der Waals surface area contributed by atoms with Crippen LogP contribution in [-0.4, -0.2) is 23.0 Å². The quantitative estimate of drug-likeness (QED) is 0.704. The summed E-state index contributed by atoms with van der Waals surface area (Å²) >= 11 is 6.36. The molecule has 7 heteroatoms. The zero-order valence-corrected chi connectivity index (χ0v) is 15.3. The standard InChI is InChI=1S/C19H17ClN2O4/c1-10(26-13-6-4-12(5-7-13)19(24)25-3)14-8-15-17(9-16(14)20)21-11(2)22-18(15)23/h4-10H,1-3H3,(H,21,22,23). The van der Waals surface area contributed by atoms with Gasteiger partial charge in [-0.2, -0.15) is 0 Å². The van der Waals surface area contributed by atoms with E-state index in [4.69, 9.17) is 16.3 Å². The zero-order chi connectivity index (χ0) is 18.8. The highest BCUT2D eigenvalue weighted by molar-refractivity contribution is 6.32. The Labute approximate surface area is 154 Å². The fourth-order valence-electron chi connectivity index (χ4n) is 2.66. The summed E-state index contributed by atoms with van der Waals surface area (Å²) in [7, 11) is 1.33. The van der Waals surface area contributed by atoms with Gasteiger partial charge in [-0.05, 0) is 50.2 Å². The Morgan fingerprint density at radius 3 is 2.58 bits per heavy atom. The molecule has 0 fully saturated rings. The number of hydrogen-bond donors (Lipinski definition) is 1. The summed E-state index contributed by atoms with van der Waals surface area (Å²) in [5.41, 5.74) is 1.42.